The summed E-state index contributed by atoms with van der Waals surface area (Å²) in [6.45, 7) is 0. The highest BCUT2D eigenvalue weighted by Crippen LogP contribution is 2.36. The summed E-state index contributed by atoms with van der Waals surface area (Å²) in [4.78, 5) is 12.4. The van der Waals surface area contributed by atoms with Crippen LogP contribution in [0.5, 0.6) is 17.2 Å². The van der Waals surface area contributed by atoms with Gasteiger partial charge in [0.25, 0.3) is 5.91 Å². The summed E-state index contributed by atoms with van der Waals surface area (Å²) in [6, 6.07) is 9.80. The van der Waals surface area contributed by atoms with Crippen LogP contribution in [-0.4, -0.2) is 27.2 Å². The molecule has 0 radical (unpaired) electrons. The van der Waals surface area contributed by atoms with Crippen molar-refractivity contribution in [3.05, 3.63) is 51.5 Å². The molecule has 0 heterocycles. The molecular weight excluding hydrogens is 391 g/mol. The molecule has 0 unspecified atom stereocenters. The first kappa shape index (κ1) is 20.4. The Morgan fingerprint density at radius 2 is 1.74 bits per heavy atom. The van der Waals surface area contributed by atoms with Gasteiger partial charge in [0.05, 0.1) is 31.4 Å². The van der Waals surface area contributed by atoms with E-state index in [-0.39, 0.29) is 5.57 Å². The average Bonchev–Trinajstić information content (AvgIpc) is 2.65. The highest BCUT2D eigenvalue weighted by Gasteiger charge is 2.14. The molecule has 0 saturated carbocycles. The van der Waals surface area contributed by atoms with Crippen LogP contribution in [0.4, 0.5) is 5.69 Å². The van der Waals surface area contributed by atoms with Crippen LogP contribution in [0, 0.1) is 11.3 Å². The molecule has 0 saturated heterocycles. The van der Waals surface area contributed by atoms with Gasteiger partial charge >= 0.3 is 0 Å². The Labute approximate surface area is 166 Å². The molecule has 27 heavy (non-hydrogen) atoms. The topological polar surface area (TPSA) is 80.6 Å². The number of methoxy groups -OCH3 is 3. The zero-order valence-corrected chi connectivity index (χ0v) is 16.3. The van der Waals surface area contributed by atoms with Crippen molar-refractivity contribution in [1.29, 1.82) is 5.26 Å². The summed E-state index contributed by atoms with van der Waals surface area (Å²) in [5.74, 6) is 0.637. The number of carbonyl (C=O) groups excluding carboxylic acids is 1. The van der Waals surface area contributed by atoms with Gasteiger partial charge in [-0.15, -0.1) is 0 Å². The van der Waals surface area contributed by atoms with E-state index in [0.717, 1.165) is 0 Å². The minimum Gasteiger partial charge on any atom is -0.495 e. The van der Waals surface area contributed by atoms with Crippen molar-refractivity contribution >= 4 is 40.9 Å². The summed E-state index contributed by atoms with van der Waals surface area (Å²) in [5.41, 5.74) is 0.819. The number of rotatable bonds is 6. The van der Waals surface area contributed by atoms with Gasteiger partial charge in [0.1, 0.15) is 17.4 Å². The van der Waals surface area contributed by atoms with Gasteiger partial charge in [-0.3, -0.25) is 4.79 Å². The molecule has 1 N–H and O–H groups in total. The zero-order valence-electron chi connectivity index (χ0n) is 14.8. The van der Waals surface area contributed by atoms with Crippen molar-refractivity contribution in [2.75, 3.05) is 26.6 Å². The first-order valence-corrected chi connectivity index (χ1v) is 8.37. The van der Waals surface area contributed by atoms with E-state index >= 15 is 0 Å². The van der Waals surface area contributed by atoms with Crippen LogP contribution in [0.25, 0.3) is 6.08 Å². The maximum Gasteiger partial charge on any atom is 0.266 e. The van der Waals surface area contributed by atoms with Gasteiger partial charge in [-0.25, -0.2) is 0 Å². The molecule has 0 atom stereocenters. The first-order valence-electron chi connectivity index (χ1n) is 7.61. The number of halogens is 2. The van der Waals surface area contributed by atoms with Crippen molar-refractivity contribution in [3.8, 4) is 23.3 Å². The Hall–Kier alpha value is -2.88. The minimum atomic E-state index is -0.593. The number of hydrogen-bond donors (Lipinski definition) is 1. The van der Waals surface area contributed by atoms with Gasteiger partial charge in [-0.05, 0) is 42.0 Å². The number of amides is 1. The molecule has 0 aromatic heterocycles. The molecule has 0 aliphatic carbocycles. The highest BCUT2D eigenvalue weighted by atomic mass is 35.5. The first-order chi connectivity index (χ1) is 12.9. The predicted octanol–water partition coefficient (Wildman–Crippen LogP) is 4.56. The van der Waals surface area contributed by atoms with E-state index in [1.807, 2.05) is 6.07 Å². The van der Waals surface area contributed by atoms with E-state index in [9.17, 15) is 10.1 Å². The molecule has 0 bridgehead atoms. The molecule has 0 aliphatic heterocycles. The monoisotopic (exact) mass is 406 g/mol. The molecule has 6 nitrogen and oxygen atoms in total. The summed E-state index contributed by atoms with van der Waals surface area (Å²) < 4.78 is 15.4. The van der Waals surface area contributed by atoms with Crippen molar-refractivity contribution in [1.82, 2.24) is 0 Å². The number of ether oxygens (including phenoxy) is 3. The fourth-order valence-electron chi connectivity index (χ4n) is 2.28. The third-order valence-corrected chi connectivity index (χ3v) is 4.12. The molecule has 140 valence electrons. The highest BCUT2D eigenvalue weighted by molar-refractivity contribution is 6.33. The molecule has 0 fully saturated rings. The Balaban J connectivity index is 2.30. The number of nitrogens with zero attached hydrogens (tertiary/aromatic N) is 1. The van der Waals surface area contributed by atoms with E-state index in [1.54, 1.807) is 24.3 Å². The molecule has 2 aromatic carbocycles. The van der Waals surface area contributed by atoms with Crippen LogP contribution in [-0.2, 0) is 4.79 Å². The van der Waals surface area contributed by atoms with Gasteiger partial charge in [0.2, 0.25) is 0 Å². The van der Waals surface area contributed by atoms with E-state index in [1.165, 1.54) is 33.5 Å². The van der Waals surface area contributed by atoms with Gasteiger partial charge < -0.3 is 19.5 Å². The average molecular weight is 407 g/mol. The van der Waals surface area contributed by atoms with Gasteiger partial charge in [0.15, 0.2) is 11.5 Å². The maximum atomic E-state index is 12.4. The number of carbonyl (C=O) groups is 1. The lowest BCUT2D eigenvalue weighted by Gasteiger charge is -2.11. The fraction of sp³-hybridized carbons (Fsp3) is 0.158. The minimum absolute atomic E-state index is 0.120. The van der Waals surface area contributed by atoms with Crippen LogP contribution in [0.15, 0.2) is 35.9 Å². The molecule has 0 aliphatic rings. The smallest absolute Gasteiger partial charge is 0.266 e. The Morgan fingerprint density at radius 3 is 2.30 bits per heavy atom. The van der Waals surface area contributed by atoms with Gasteiger partial charge in [-0.2, -0.15) is 5.26 Å². The third kappa shape index (κ3) is 4.85. The van der Waals surface area contributed by atoms with E-state index < -0.39 is 5.91 Å². The summed E-state index contributed by atoms with van der Waals surface area (Å²) in [7, 11) is 4.42. The number of anilines is 1. The second-order valence-electron chi connectivity index (χ2n) is 5.21. The molecule has 2 aromatic rings. The van der Waals surface area contributed by atoms with Crippen LogP contribution in [0.1, 0.15) is 5.56 Å². The van der Waals surface area contributed by atoms with E-state index in [2.05, 4.69) is 5.32 Å². The largest absolute Gasteiger partial charge is 0.495 e. The van der Waals surface area contributed by atoms with Gasteiger partial charge in [0, 0.05) is 5.69 Å². The molecular formula is C19H16Cl2N2O4. The van der Waals surface area contributed by atoms with Crippen LogP contribution < -0.4 is 19.5 Å². The summed E-state index contributed by atoms with van der Waals surface area (Å²) >= 11 is 12.2. The van der Waals surface area contributed by atoms with Crippen molar-refractivity contribution < 1.29 is 19.0 Å². The zero-order chi connectivity index (χ0) is 20.0. The lowest BCUT2D eigenvalue weighted by molar-refractivity contribution is -0.112. The number of nitriles is 1. The third-order valence-electron chi connectivity index (χ3n) is 3.54. The second-order valence-corrected chi connectivity index (χ2v) is 6.03. The van der Waals surface area contributed by atoms with Crippen molar-refractivity contribution in [2.45, 2.75) is 0 Å². The molecule has 0 spiro atoms. The number of benzene rings is 2. The second kappa shape index (κ2) is 9.17. The van der Waals surface area contributed by atoms with Crippen LogP contribution in [0.2, 0.25) is 10.0 Å². The quantitative estimate of drug-likeness (QED) is 0.561. The van der Waals surface area contributed by atoms with Crippen LogP contribution >= 0.6 is 23.2 Å². The predicted molar refractivity (Wildman–Crippen MR) is 105 cm³/mol. The van der Waals surface area contributed by atoms with Crippen molar-refractivity contribution in [2.24, 2.45) is 0 Å². The lowest BCUT2D eigenvalue weighted by atomic mass is 10.1. The SMILES string of the molecule is COc1ccc(NC(=O)/C(C#N)=C/c2cc(Cl)c(OC)c(OC)c2)cc1Cl. The Morgan fingerprint density at radius 1 is 1.04 bits per heavy atom. The summed E-state index contributed by atoms with van der Waals surface area (Å²) in [5, 5.41) is 12.6. The Kier molecular flexibility index (Phi) is 6.94. The summed E-state index contributed by atoms with van der Waals surface area (Å²) in [6.07, 6.45) is 1.40. The Bertz CT molecular complexity index is 936. The normalized spacial score (nSPS) is 10.7. The number of nitrogens with one attached hydrogen (secondary N) is 1. The molecule has 1 amide bonds. The lowest BCUT2D eigenvalue weighted by Crippen LogP contribution is -2.13. The van der Waals surface area contributed by atoms with E-state index in [0.29, 0.717) is 38.5 Å². The van der Waals surface area contributed by atoms with Crippen LogP contribution in [0.3, 0.4) is 0 Å². The van der Waals surface area contributed by atoms with Crippen molar-refractivity contribution in [3.63, 3.8) is 0 Å². The van der Waals surface area contributed by atoms with Gasteiger partial charge in [-0.1, -0.05) is 23.2 Å². The maximum absolute atomic E-state index is 12.4. The van der Waals surface area contributed by atoms with E-state index in [4.69, 9.17) is 37.4 Å². The standard InChI is InChI=1S/C19H16Cl2N2O4/c1-25-16-5-4-13(9-14(16)20)23-19(24)12(10-22)6-11-7-15(21)18(27-3)17(8-11)26-2/h4-9H,1-3H3,(H,23,24)/b12-6+. The molecule has 8 heteroatoms. The fourth-order valence-corrected chi connectivity index (χ4v) is 2.83. The molecule has 2 rings (SSSR count). The number of hydrogen-bond acceptors (Lipinski definition) is 5.